The summed E-state index contributed by atoms with van der Waals surface area (Å²) in [4.78, 5) is 27.3. The summed E-state index contributed by atoms with van der Waals surface area (Å²) < 4.78 is 5.95. The summed E-state index contributed by atoms with van der Waals surface area (Å²) in [5, 5.41) is 13.4. The molecule has 182 valence electrons. The number of anilines is 1. The van der Waals surface area contributed by atoms with Gasteiger partial charge in [-0.3, -0.25) is 4.90 Å². The van der Waals surface area contributed by atoms with Gasteiger partial charge in [0.15, 0.2) is 0 Å². The number of rotatable bonds is 5. The zero-order valence-electron chi connectivity index (χ0n) is 20.3. The van der Waals surface area contributed by atoms with Gasteiger partial charge in [0.1, 0.15) is 12.6 Å². The first kappa shape index (κ1) is 22.8. The second-order valence-corrected chi connectivity index (χ2v) is 9.36. The van der Waals surface area contributed by atoms with E-state index in [0.29, 0.717) is 5.69 Å². The number of hydrogen-bond donors (Lipinski definition) is 1. The topological polar surface area (TPSA) is 66.8 Å². The van der Waals surface area contributed by atoms with E-state index in [-0.39, 0.29) is 12.5 Å². The van der Waals surface area contributed by atoms with E-state index in [2.05, 4.69) is 30.3 Å². The Labute approximate surface area is 214 Å². The molecule has 37 heavy (non-hydrogen) atoms. The van der Waals surface area contributed by atoms with Crippen LogP contribution in [0.25, 0.3) is 32.7 Å². The normalized spacial score (nSPS) is 13.2. The molecule has 0 saturated carbocycles. The Morgan fingerprint density at radius 3 is 1.81 bits per heavy atom. The highest BCUT2D eigenvalue weighted by atomic mass is 16.6. The summed E-state index contributed by atoms with van der Waals surface area (Å²) in [6, 6.07) is 32.6. The van der Waals surface area contributed by atoms with Gasteiger partial charge < -0.3 is 9.84 Å². The number of fused-ring (bicyclic) bond motifs is 5. The van der Waals surface area contributed by atoms with Crippen molar-refractivity contribution in [1.29, 1.82) is 0 Å². The molecule has 0 radical (unpaired) electrons. The largest absolute Gasteiger partial charge is 0.480 e. The minimum atomic E-state index is -1.13. The molecule has 1 N–H and O–H groups in total. The molecule has 0 saturated heterocycles. The molecular formula is C32H25NO4. The van der Waals surface area contributed by atoms with Gasteiger partial charge in [-0.2, -0.15) is 0 Å². The lowest BCUT2D eigenvalue weighted by molar-refractivity contribution is -0.138. The lowest BCUT2D eigenvalue weighted by Gasteiger charge is -2.29. The first-order valence-corrected chi connectivity index (χ1v) is 12.3. The van der Waals surface area contributed by atoms with Crippen molar-refractivity contribution in [1.82, 2.24) is 0 Å². The van der Waals surface area contributed by atoms with Crippen LogP contribution in [0.3, 0.4) is 0 Å². The van der Waals surface area contributed by atoms with E-state index < -0.39 is 18.1 Å². The SMILES string of the molecule is CC(C(=O)O)N(C(=O)OCC1c2ccccc2-c2ccccc21)c1c2ccccc2cc2ccccc12. The van der Waals surface area contributed by atoms with E-state index in [1.54, 1.807) is 0 Å². The lowest BCUT2D eigenvalue weighted by atomic mass is 9.98. The molecule has 0 spiro atoms. The molecule has 5 heteroatoms. The first-order chi connectivity index (χ1) is 18.0. The van der Waals surface area contributed by atoms with Crippen molar-refractivity contribution in [3.05, 3.63) is 114 Å². The van der Waals surface area contributed by atoms with Crippen molar-refractivity contribution in [2.45, 2.75) is 18.9 Å². The first-order valence-electron chi connectivity index (χ1n) is 12.3. The molecular weight excluding hydrogens is 462 g/mol. The minimum absolute atomic E-state index is 0.110. The Balaban J connectivity index is 1.42. The predicted molar refractivity (Wildman–Crippen MR) is 146 cm³/mol. The summed E-state index contributed by atoms with van der Waals surface area (Å²) in [5.41, 5.74) is 5.01. The molecule has 6 rings (SSSR count). The molecule has 0 aromatic heterocycles. The summed E-state index contributed by atoms with van der Waals surface area (Å²) in [7, 11) is 0. The second kappa shape index (κ2) is 9.10. The van der Waals surface area contributed by atoms with Crippen LogP contribution in [0.1, 0.15) is 24.0 Å². The molecule has 5 nitrogen and oxygen atoms in total. The smallest absolute Gasteiger partial charge is 0.415 e. The van der Waals surface area contributed by atoms with Crippen LogP contribution < -0.4 is 4.90 Å². The molecule has 0 heterocycles. The van der Waals surface area contributed by atoms with Crippen LogP contribution >= 0.6 is 0 Å². The number of aliphatic carboxylic acids is 1. The van der Waals surface area contributed by atoms with Crippen LogP contribution in [-0.4, -0.2) is 29.8 Å². The van der Waals surface area contributed by atoms with Gasteiger partial charge >= 0.3 is 12.1 Å². The third-order valence-electron chi connectivity index (χ3n) is 7.26. The number of hydrogen-bond acceptors (Lipinski definition) is 3. The number of benzene rings is 5. The average Bonchev–Trinajstić information content (AvgIpc) is 3.25. The lowest BCUT2D eigenvalue weighted by Crippen LogP contribution is -2.44. The molecule has 0 fully saturated rings. The Bertz CT molecular complexity index is 1580. The van der Waals surface area contributed by atoms with E-state index in [1.807, 2.05) is 72.8 Å². The Kier molecular flexibility index (Phi) is 5.61. The number of nitrogens with zero attached hydrogens (tertiary/aromatic N) is 1. The Hall–Kier alpha value is -4.64. The molecule has 1 amide bonds. The molecule has 1 atom stereocenters. The van der Waals surface area contributed by atoms with E-state index in [1.165, 1.54) is 11.8 Å². The van der Waals surface area contributed by atoms with Crippen LogP contribution in [0.15, 0.2) is 103 Å². The molecule has 0 aliphatic heterocycles. The molecule has 1 unspecified atom stereocenters. The third-order valence-corrected chi connectivity index (χ3v) is 7.26. The molecule has 0 bridgehead atoms. The van der Waals surface area contributed by atoms with E-state index in [9.17, 15) is 14.7 Å². The monoisotopic (exact) mass is 487 g/mol. The maximum atomic E-state index is 13.8. The quantitative estimate of drug-likeness (QED) is 0.266. The molecule has 5 aromatic carbocycles. The Morgan fingerprint density at radius 1 is 0.784 bits per heavy atom. The van der Waals surface area contributed by atoms with Crippen molar-refractivity contribution in [3.63, 3.8) is 0 Å². The van der Waals surface area contributed by atoms with Crippen LogP contribution in [0.5, 0.6) is 0 Å². The number of ether oxygens (including phenoxy) is 1. The number of amides is 1. The van der Waals surface area contributed by atoms with Gasteiger partial charge in [-0.25, -0.2) is 9.59 Å². The number of carbonyl (C=O) groups is 2. The zero-order valence-corrected chi connectivity index (χ0v) is 20.3. The highest BCUT2D eigenvalue weighted by Crippen LogP contribution is 2.45. The number of carboxylic acids is 1. The highest BCUT2D eigenvalue weighted by molar-refractivity contribution is 6.16. The summed E-state index contributed by atoms with van der Waals surface area (Å²) in [6.45, 7) is 1.62. The van der Waals surface area contributed by atoms with E-state index in [4.69, 9.17) is 4.74 Å². The second-order valence-electron chi connectivity index (χ2n) is 9.36. The fourth-order valence-electron chi connectivity index (χ4n) is 5.47. The Morgan fingerprint density at radius 2 is 1.27 bits per heavy atom. The molecule has 1 aliphatic rings. The standard InChI is InChI=1S/C32H25NO4/c1-20(31(34)35)33(30-23-12-4-2-10-21(23)18-22-11-3-5-13-24(22)30)32(36)37-19-29-27-16-8-6-14-25(27)26-15-7-9-17-28(26)29/h2-18,20,29H,19H2,1H3,(H,34,35). The van der Waals surface area contributed by atoms with Gasteiger partial charge in [0.25, 0.3) is 0 Å². The minimum Gasteiger partial charge on any atom is -0.480 e. The summed E-state index contributed by atoms with van der Waals surface area (Å²) >= 11 is 0. The maximum Gasteiger partial charge on any atom is 0.415 e. The van der Waals surface area contributed by atoms with Crippen LogP contribution in [-0.2, 0) is 9.53 Å². The van der Waals surface area contributed by atoms with Gasteiger partial charge in [-0.15, -0.1) is 0 Å². The predicted octanol–water partition coefficient (Wildman–Crippen LogP) is 7.22. The number of carboxylic acid groups (broad SMARTS) is 1. The molecule has 1 aliphatic carbocycles. The van der Waals surface area contributed by atoms with Crippen LogP contribution in [0, 0.1) is 0 Å². The van der Waals surface area contributed by atoms with Crippen LogP contribution in [0.2, 0.25) is 0 Å². The van der Waals surface area contributed by atoms with Crippen molar-refractivity contribution < 1.29 is 19.4 Å². The van der Waals surface area contributed by atoms with Gasteiger partial charge in [-0.05, 0) is 46.0 Å². The molecule has 5 aromatic rings. The summed E-state index contributed by atoms with van der Waals surface area (Å²) in [5.74, 6) is -1.23. The van der Waals surface area contributed by atoms with Crippen molar-refractivity contribution in [3.8, 4) is 11.1 Å². The highest BCUT2D eigenvalue weighted by Gasteiger charge is 2.34. The zero-order chi connectivity index (χ0) is 25.5. The van der Waals surface area contributed by atoms with Gasteiger partial charge in [0.2, 0.25) is 0 Å². The van der Waals surface area contributed by atoms with Gasteiger partial charge in [0.05, 0.1) is 5.69 Å². The van der Waals surface area contributed by atoms with E-state index >= 15 is 0 Å². The third kappa shape index (κ3) is 3.80. The van der Waals surface area contributed by atoms with Gasteiger partial charge in [-0.1, -0.05) is 97.1 Å². The van der Waals surface area contributed by atoms with Crippen molar-refractivity contribution >= 4 is 39.3 Å². The fourth-order valence-corrected chi connectivity index (χ4v) is 5.47. The van der Waals surface area contributed by atoms with Crippen molar-refractivity contribution in [2.24, 2.45) is 0 Å². The van der Waals surface area contributed by atoms with Crippen molar-refractivity contribution in [2.75, 3.05) is 11.5 Å². The fraction of sp³-hybridized carbons (Fsp3) is 0.125. The maximum absolute atomic E-state index is 13.8. The number of carbonyl (C=O) groups excluding carboxylic acids is 1. The summed E-state index contributed by atoms with van der Waals surface area (Å²) in [6.07, 6.45) is -0.682. The van der Waals surface area contributed by atoms with E-state index in [0.717, 1.165) is 43.8 Å². The van der Waals surface area contributed by atoms with Crippen LogP contribution in [0.4, 0.5) is 10.5 Å². The van der Waals surface area contributed by atoms with Gasteiger partial charge in [0, 0.05) is 16.7 Å². The average molecular weight is 488 g/mol.